The van der Waals surface area contributed by atoms with E-state index in [1.54, 1.807) is 20.8 Å². The molecule has 9 nitrogen and oxygen atoms in total. The minimum absolute atomic E-state index is 0.218. The van der Waals surface area contributed by atoms with Crippen LogP contribution in [0, 0.1) is 0 Å². The highest BCUT2D eigenvalue weighted by Crippen LogP contribution is 2.19. The van der Waals surface area contributed by atoms with Gasteiger partial charge in [0.1, 0.15) is 11.6 Å². The SMILES string of the molecule is CC(C)(C)OC(=O)N[C@@H](Cc1c[nH]c2ccccc12)C(=O)NCCCNCCCCNCCCN. The molecule has 9 heteroatoms. The molecular weight excluding hydrogens is 444 g/mol. The number of nitrogens with one attached hydrogen (secondary N) is 5. The first-order chi connectivity index (χ1) is 16.8. The molecule has 0 unspecified atom stereocenters. The lowest BCUT2D eigenvalue weighted by Crippen LogP contribution is -2.49. The number of hydrogen-bond acceptors (Lipinski definition) is 6. The average molecular weight is 489 g/mol. The van der Waals surface area contributed by atoms with Crippen molar-refractivity contribution in [2.45, 2.75) is 64.5 Å². The van der Waals surface area contributed by atoms with Crippen molar-refractivity contribution in [3.8, 4) is 0 Å². The first-order valence-electron chi connectivity index (χ1n) is 12.7. The van der Waals surface area contributed by atoms with E-state index in [9.17, 15) is 9.59 Å². The van der Waals surface area contributed by atoms with Crippen molar-refractivity contribution in [2.24, 2.45) is 5.73 Å². The van der Waals surface area contributed by atoms with Crippen molar-refractivity contribution in [3.63, 3.8) is 0 Å². The molecule has 0 radical (unpaired) electrons. The number of benzene rings is 1. The van der Waals surface area contributed by atoms with Gasteiger partial charge in [0.25, 0.3) is 0 Å². The molecule has 0 saturated heterocycles. The molecule has 1 aromatic heterocycles. The van der Waals surface area contributed by atoms with Crippen LogP contribution in [0.5, 0.6) is 0 Å². The fourth-order valence-electron chi connectivity index (χ4n) is 3.70. The number of fused-ring (bicyclic) bond motifs is 1. The molecule has 2 rings (SSSR count). The van der Waals surface area contributed by atoms with Gasteiger partial charge in [0.05, 0.1) is 0 Å². The third kappa shape index (κ3) is 11.6. The predicted molar refractivity (Wildman–Crippen MR) is 141 cm³/mol. The van der Waals surface area contributed by atoms with Gasteiger partial charge in [-0.2, -0.15) is 0 Å². The van der Waals surface area contributed by atoms with E-state index in [0.717, 1.165) is 74.9 Å². The molecule has 1 atom stereocenters. The Labute approximate surface area is 209 Å². The van der Waals surface area contributed by atoms with Crippen molar-refractivity contribution >= 4 is 22.9 Å². The minimum Gasteiger partial charge on any atom is -0.444 e. The quantitative estimate of drug-likeness (QED) is 0.201. The molecule has 0 fully saturated rings. The Bertz CT molecular complexity index is 893. The Morgan fingerprint density at radius 1 is 0.971 bits per heavy atom. The minimum atomic E-state index is -0.733. The first kappa shape index (κ1) is 28.6. The van der Waals surface area contributed by atoms with Crippen LogP contribution in [0.4, 0.5) is 4.79 Å². The molecule has 0 saturated carbocycles. The van der Waals surface area contributed by atoms with Crippen LogP contribution in [0.25, 0.3) is 10.9 Å². The molecular formula is C26H44N6O3. The van der Waals surface area contributed by atoms with E-state index in [1.165, 1.54) is 0 Å². The van der Waals surface area contributed by atoms with E-state index < -0.39 is 17.7 Å². The fraction of sp³-hybridized carbons (Fsp3) is 0.615. The molecule has 0 spiro atoms. The number of nitrogens with two attached hydrogens (primary N) is 1. The van der Waals surface area contributed by atoms with Gasteiger partial charge in [-0.3, -0.25) is 4.79 Å². The number of carbonyl (C=O) groups is 2. The van der Waals surface area contributed by atoms with Crippen molar-refractivity contribution in [3.05, 3.63) is 36.0 Å². The van der Waals surface area contributed by atoms with Crippen LogP contribution in [0.3, 0.4) is 0 Å². The maximum absolute atomic E-state index is 13.0. The van der Waals surface area contributed by atoms with Gasteiger partial charge in [-0.15, -0.1) is 0 Å². The molecule has 2 amide bonds. The Hall–Kier alpha value is -2.62. The maximum Gasteiger partial charge on any atom is 0.408 e. The Kier molecular flexibility index (Phi) is 12.6. The summed E-state index contributed by atoms with van der Waals surface area (Å²) in [6.45, 7) is 10.4. The summed E-state index contributed by atoms with van der Waals surface area (Å²) in [4.78, 5) is 28.6. The Balaban J connectivity index is 1.77. The van der Waals surface area contributed by atoms with Gasteiger partial charge in [-0.25, -0.2) is 4.79 Å². The number of aromatic nitrogens is 1. The molecule has 0 aliphatic heterocycles. The second-order valence-electron chi connectivity index (χ2n) is 9.76. The van der Waals surface area contributed by atoms with Gasteiger partial charge in [0.2, 0.25) is 5.91 Å². The Morgan fingerprint density at radius 2 is 1.63 bits per heavy atom. The second-order valence-corrected chi connectivity index (χ2v) is 9.76. The van der Waals surface area contributed by atoms with Gasteiger partial charge < -0.3 is 36.7 Å². The zero-order valence-electron chi connectivity index (χ0n) is 21.5. The van der Waals surface area contributed by atoms with E-state index in [1.807, 2.05) is 30.5 Å². The monoisotopic (exact) mass is 488 g/mol. The molecule has 7 N–H and O–H groups in total. The van der Waals surface area contributed by atoms with E-state index in [0.29, 0.717) is 13.0 Å². The number of carbonyl (C=O) groups excluding carboxylic acids is 2. The summed E-state index contributed by atoms with van der Waals surface area (Å²) < 4.78 is 5.38. The molecule has 1 aromatic carbocycles. The number of amides is 2. The van der Waals surface area contributed by atoms with Gasteiger partial charge in [-0.05, 0) is 90.8 Å². The fourth-order valence-corrected chi connectivity index (χ4v) is 3.70. The number of para-hydroxylation sites is 1. The highest BCUT2D eigenvalue weighted by Gasteiger charge is 2.25. The lowest BCUT2D eigenvalue weighted by atomic mass is 10.0. The topological polar surface area (TPSA) is 133 Å². The molecule has 196 valence electrons. The number of H-pyrrole nitrogens is 1. The maximum atomic E-state index is 13.0. The zero-order chi connectivity index (χ0) is 25.5. The lowest BCUT2D eigenvalue weighted by Gasteiger charge is -2.23. The molecule has 1 heterocycles. The Morgan fingerprint density at radius 3 is 2.31 bits per heavy atom. The van der Waals surface area contributed by atoms with Crippen molar-refractivity contribution in [1.29, 1.82) is 0 Å². The van der Waals surface area contributed by atoms with E-state index in [4.69, 9.17) is 10.5 Å². The number of unbranched alkanes of at least 4 members (excludes halogenated alkanes) is 1. The van der Waals surface area contributed by atoms with Crippen LogP contribution in [-0.4, -0.2) is 67.9 Å². The van der Waals surface area contributed by atoms with Gasteiger partial charge in [0.15, 0.2) is 0 Å². The number of alkyl carbamates (subject to hydrolysis) is 1. The van der Waals surface area contributed by atoms with Gasteiger partial charge in [0, 0.05) is 30.1 Å². The normalized spacial score (nSPS) is 12.5. The van der Waals surface area contributed by atoms with Crippen LogP contribution in [0.15, 0.2) is 30.5 Å². The van der Waals surface area contributed by atoms with Crippen molar-refractivity contribution in [1.82, 2.24) is 26.3 Å². The third-order valence-electron chi connectivity index (χ3n) is 5.45. The summed E-state index contributed by atoms with van der Waals surface area (Å²) in [7, 11) is 0. The van der Waals surface area contributed by atoms with Crippen LogP contribution in [0.2, 0.25) is 0 Å². The van der Waals surface area contributed by atoms with Crippen LogP contribution in [-0.2, 0) is 16.0 Å². The highest BCUT2D eigenvalue weighted by molar-refractivity contribution is 5.88. The van der Waals surface area contributed by atoms with Crippen molar-refractivity contribution in [2.75, 3.05) is 39.3 Å². The molecule has 2 aromatic rings. The smallest absolute Gasteiger partial charge is 0.408 e. The number of hydrogen-bond donors (Lipinski definition) is 6. The van der Waals surface area contributed by atoms with Gasteiger partial charge in [-0.1, -0.05) is 18.2 Å². The van der Waals surface area contributed by atoms with E-state index in [2.05, 4.69) is 26.3 Å². The van der Waals surface area contributed by atoms with E-state index >= 15 is 0 Å². The summed E-state index contributed by atoms with van der Waals surface area (Å²) in [6.07, 6.45) is 5.71. The summed E-state index contributed by atoms with van der Waals surface area (Å²) >= 11 is 0. The zero-order valence-corrected chi connectivity index (χ0v) is 21.5. The van der Waals surface area contributed by atoms with Crippen LogP contribution >= 0.6 is 0 Å². The number of aromatic amines is 1. The summed E-state index contributed by atoms with van der Waals surface area (Å²) in [5, 5.41) is 13.5. The van der Waals surface area contributed by atoms with Gasteiger partial charge >= 0.3 is 6.09 Å². The number of ether oxygens (including phenoxy) is 1. The lowest BCUT2D eigenvalue weighted by molar-refractivity contribution is -0.123. The molecule has 0 aliphatic carbocycles. The number of rotatable bonds is 16. The van der Waals surface area contributed by atoms with Crippen LogP contribution < -0.4 is 27.0 Å². The summed E-state index contributed by atoms with van der Waals surface area (Å²) in [6, 6.07) is 7.18. The predicted octanol–water partition coefficient (Wildman–Crippen LogP) is 2.42. The van der Waals surface area contributed by atoms with Crippen molar-refractivity contribution < 1.29 is 14.3 Å². The highest BCUT2D eigenvalue weighted by atomic mass is 16.6. The second kappa shape index (κ2) is 15.4. The third-order valence-corrected chi connectivity index (χ3v) is 5.45. The molecule has 35 heavy (non-hydrogen) atoms. The molecule has 0 aliphatic rings. The first-order valence-corrected chi connectivity index (χ1v) is 12.7. The average Bonchev–Trinajstić information content (AvgIpc) is 3.21. The summed E-state index contributed by atoms with van der Waals surface area (Å²) in [5.41, 5.74) is 6.80. The standard InChI is InChI=1S/C26H44N6O3/c1-26(2,3)35-25(34)32-23(18-20-19-31-22-11-5-4-10-21(20)22)24(33)30-17-9-16-29-14-7-6-13-28-15-8-12-27/h4-5,10-11,19,23,28-29,31H,6-9,12-18,27H2,1-3H3,(H,30,33)(H,32,34)/t23-/m0/s1. The molecule has 0 bridgehead atoms. The summed E-state index contributed by atoms with van der Waals surface area (Å²) in [5.74, 6) is -0.218. The van der Waals surface area contributed by atoms with E-state index in [-0.39, 0.29) is 5.91 Å². The largest absolute Gasteiger partial charge is 0.444 e. The van der Waals surface area contributed by atoms with Crippen LogP contribution in [0.1, 0.15) is 52.0 Å².